The van der Waals surface area contributed by atoms with Crippen LogP contribution in [-0.4, -0.2) is 58.4 Å². The largest absolute Gasteiger partial charge is 0.508 e. The molecule has 0 radical (unpaired) electrons. The van der Waals surface area contributed by atoms with Gasteiger partial charge in [0, 0.05) is 0 Å². The van der Waals surface area contributed by atoms with Gasteiger partial charge in [-0.05, 0) is 0 Å². The van der Waals surface area contributed by atoms with E-state index in [4.69, 9.17) is 13.1 Å². The van der Waals surface area contributed by atoms with E-state index in [0.717, 1.165) is 0 Å². The van der Waals surface area contributed by atoms with Crippen molar-refractivity contribution in [3.8, 4) is 0 Å². The molecule has 106 valence electrons. The SMILES string of the molecule is O=C1OCC2(CO1)OS(=O)(=O)OC2C1COC(=O)O1. The van der Waals surface area contributed by atoms with Crippen LogP contribution in [0.15, 0.2) is 0 Å². The molecule has 0 aromatic carbocycles. The Hall–Kier alpha value is -1.59. The third kappa shape index (κ3) is 2.09. The predicted octanol–water partition coefficient (Wildman–Crippen LogP) is -0.912. The van der Waals surface area contributed by atoms with E-state index in [-0.39, 0.29) is 6.61 Å². The quantitative estimate of drug-likeness (QED) is 0.561. The number of cyclic esters (lactones) is 4. The lowest BCUT2D eigenvalue weighted by molar-refractivity contribution is -0.133. The first-order valence-electron chi connectivity index (χ1n) is 5.17. The fraction of sp³-hybridized carbons (Fsp3) is 0.750. The van der Waals surface area contributed by atoms with Gasteiger partial charge >= 0.3 is 22.7 Å². The molecule has 3 aliphatic rings. The van der Waals surface area contributed by atoms with Crippen LogP contribution in [0.4, 0.5) is 9.59 Å². The highest BCUT2D eigenvalue weighted by Gasteiger charge is 2.62. The molecule has 0 bridgehead atoms. The van der Waals surface area contributed by atoms with Crippen LogP contribution >= 0.6 is 0 Å². The molecular formula is C8H8O10S. The third-order valence-electron chi connectivity index (χ3n) is 2.83. The van der Waals surface area contributed by atoms with Crippen molar-refractivity contribution in [2.75, 3.05) is 19.8 Å². The van der Waals surface area contributed by atoms with Crippen molar-refractivity contribution in [3.63, 3.8) is 0 Å². The summed E-state index contributed by atoms with van der Waals surface area (Å²) in [5, 5.41) is 0. The van der Waals surface area contributed by atoms with Gasteiger partial charge in [0.15, 0.2) is 17.8 Å². The first-order valence-corrected chi connectivity index (χ1v) is 6.50. The van der Waals surface area contributed by atoms with Crippen LogP contribution in [0.1, 0.15) is 0 Å². The minimum atomic E-state index is -4.29. The summed E-state index contributed by atoms with van der Waals surface area (Å²) in [5.74, 6) is 0. The maximum Gasteiger partial charge on any atom is 0.508 e. The van der Waals surface area contributed by atoms with Gasteiger partial charge in [0.05, 0.1) is 0 Å². The van der Waals surface area contributed by atoms with Crippen LogP contribution in [0.25, 0.3) is 0 Å². The van der Waals surface area contributed by atoms with Crippen molar-refractivity contribution >= 4 is 22.7 Å². The summed E-state index contributed by atoms with van der Waals surface area (Å²) >= 11 is 0. The first kappa shape index (κ1) is 12.4. The molecule has 3 aliphatic heterocycles. The lowest BCUT2D eigenvalue weighted by Crippen LogP contribution is -2.57. The van der Waals surface area contributed by atoms with Gasteiger partial charge in [-0.15, -0.1) is 0 Å². The average Bonchev–Trinajstić information content (AvgIpc) is 2.85. The Morgan fingerprint density at radius 2 is 1.74 bits per heavy atom. The van der Waals surface area contributed by atoms with Crippen molar-refractivity contribution < 1.29 is 45.3 Å². The number of ether oxygens (including phenoxy) is 4. The van der Waals surface area contributed by atoms with Gasteiger partial charge in [0.1, 0.15) is 19.8 Å². The average molecular weight is 296 g/mol. The van der Waals surface area contributed by atoms with Gasteiger partial charge in [0.25, 0.3) is 0 Å². The molecule has 0 saturated carbocycles. The minimum Gasteiger partial charge on any atom is -0.431 e. The summed E-state index contributed by atoms with van der Waals surface area (Å²) in [6, 6.07) is 0. The van der Waals surface area contributed by atoms with E-state index in [0.29, 0.717) is 0 Å². The Kier molecular flexibility index (Phi) is 2.59. The van der Waals surface area contributed by atoms with Crippen LogP contribution in [0.3, 0.4) is 0 Å². The molecule has 0 aromatic heterocycles. The molecule has 10 nitrogen and oxygen atoms in total. The van der Waals surface area contributed by atoms with E-state index in [9.17, 15) is 18.0 Å². The van der Waals surface area contributed by atoms with E-state index in [1.54, 1.807) is 0 Å². The predicted molar refractivity (Wildman–Crippen MR) is 51.1 cm³/mol. The summed E-state index contributed by atoms with van der Waals surface area (Å²) in [7, 11) is -4.29. The molecule has 19 heavy (non-hydrogen) atoms. The molecule has 11 heteroatoms. The highest BCUT2D eigenvalue weighted by molar-refractivity contribution is 7.82. The number of hydrogen-bond acceptors (Lipinski definition) is 10. The molecule has 2 unspecified atom stereocenters. The fourth-order valence-electron chi connectivity index (χ4n) is 2.03. The Bertz CT molecular complexity index is 514. The summed E-state index contributed by atoms with van der Waals surface area (Å²) < 4.78 is 50.9. The van der Waals surface area contributed by atoms with Crippen LogP contribution < -0.4 is 0 Å². The topological polar surface area (TPSA) is 124 Å². The molecule has 0 amide bonds. The molecule has 3 rings (SSSR count). The lowest BCUT2D eigenvalue weighted by atomic mass is 9.94. The highest BCUT2D eigenvalue weighted by Crippen LogP contribution is 2.38. The summed E-state index contributed by atoms with van der Waals surface area (Å²) in [6.07, 6.45) is -4.10. The van der Waals surface area contributed by atoms with E-state index < -0.39 is 53.7 Å². The van der Waals surface area contributed by atoms with Crippen LogP contribution in [-0.2, 0) is 37.7 Å². The molecule has 3 fully saturated rings. The van der Waals surface area contributed by atoms with Crippen molar-refractivity contribution in [1.82, 2.24) is 0 Å². The molecule has 0 N–H and O–H groups in total. The van der Waals surface area contributed by atoms with E-state index in [1.165, 1.54) is 0 Å². The Morgan fingerprint density at radius 1 is 1.05 bits per heavy atom. The van der Waals surface area contributed by atoms with Crippen molar-refractivity contribution in [3.05, 3.63) is 0 Å². The number of rotatable bonds is 1. The van der Waals surface area contributed by atoms with Gasteiger partial charge in [-0.1, -0.05) is 0 Å². The zero-order chi connectivity index (χ0) is 13.7. The third-order valence-corrected chi connectivity index (χ3v) is 3.81. The first-order chi connectivity index (χ1) is 8.90. The molecule has 2 atom stereocenters. The molecule has 3 heterocycles. The normalized spacial score (nSPS) is 35.4. The fourth-order valence-corrected chi connectivity index (χ4v) is 3.22. The van der Waals surface area contributed by atoms with Gasteiger partial charge in [-0.25, -0.2) is 18.0 Å². The maximum atomic E-state index is 11.4. The zero-order valence-corrected chi connectivity index (χ0v) is 10.1. The summed E-state index contributed by atoms with van der Waals surface area (Å²) in [4.78, 5) is 21.7. The number of carbonyl (C=O) groups is 2. The standard InChI is InChI=1S/C8H8O10S/c9-6-14-2-8(3-15-6)5(17-19(11,12)18-8)4-1-13-7(10)16-4/h4-5H,1-3H2. The molecule has 3 saturated heterocycles. The molecular weight excluding hydrogens is 288 g/mol. The second-order valence-electron chi connectivity index (χ2n) is 4.12. The lowest BCUT2D eigenvalue weighted by Gasteiger charge is -2.33. The van der Waals surface area contributed by atoms with E-state index >= 15 is 0 Å². The van der Waals surface area contributed by atoms with Gasteiger partial charge in [-0.2, -0.15) is 8.42 Å². The van der Waals surface area contributed by atoms with E-state index in [2.05, 4.69) is 14.2 Å². The van der Waals surface area contributed by atoms with Gasteiger partial charge in [-0.3, -0.25) is 0 Å². The van der Waals surface area contributed by atoms with Crippen molar-refractivity contribution in [2.45, 2.75) is 17.8 Å². The summed E-state index contributed by atoms with van der Waals surface area (Å²) in [5.41, 5.74) is -1.58. The second kappa shape index (κ2) is 3.95. The smallest absolute Gasteiger partial charge is 0.431 e. The minimum absolute atomic E-state index is 0.196. The van der Waals surface area contributed by atoms with Crippen LogP contribution in [0.5, 0.6) is 0 Å². The Labute approximate surface area is 106 Å². The van der Waals surface area contributed by atoms with E-state index in [1.807, 2.05) is 0 Å². The summed E-state index contributed by atoms with van der Waals surface area (Å²) in [6.45, 7) is -0.994. The monoisotopic (exact) mass is 296 g/mol. The van der Waals surface area contributed by atoms with Crippen LogP contribution in [0, 0.1) is 0 Å². The Morgan fingerprint density at radius 3 is 2.32 bits per heavy atom. The number of hydrogen-bond donors (Lipinski definition) is 0. The van der Waals surface area contributed by atoms with Crippen molar-refractivity contribution in [2.24, 2.45) is 0 Å². The maximum absolute atomic E-state index is 11.4. The molecule has 0 aliphatic carbocycles. The van der Waals surface area contributed by atoms with Gasteiger partial charge < -0.3 is 18.9 Å². The zero-order valence-electron chi connectivity index (χ0n) is 9.27. The molecule has 0 aromatic rings. The van der Waals surface area contributed by atoms with Crippen LogP contribution in [0.2, 0.25) is 0 Å². The van der Waals surface area contributed by atoms with Crippen molar-refractivity contribution in [1.29, 1.82) is 0 Å². The Balaban J connectivity index is 1.87. The molecule has 1 spiro atoms. The van der Waals surface area contributed by atoms with Gasteiger partial charge in [0.2, 0.25) is 0 Å². The number of carbonyl (C=O) groups excluding carboxylic acids is 2. The highest BCUT2D eigenvalue weighted by atomic mass is 32.3. The second-order valence-corrected chi connectivity index (χ2v) is 5.29.